The van der Waals surface area contributed by atoms with Crippen LogP contribution in [0.15, 0.2) is 12.1 Å². The molecule has 2 aliphatic heterocycles. The van der Waals surface area contributed by atoms with Crippen LogP contribution in [0.4, 0.5) is 0 Å². The first-order chi connectivity index (χ1) is 12.8. The van der Waals surface area contributed by atoms with Crippen LogP contribution < -0.4 is 38.7 Å². The second-order valence-electron chi connectivity index (χ2n) is 7.70. The van der Waals surface area contributed by atoms with Gasteiger partial charge in [0.05, 0.1) is 6.61 Å². The van der Waals surface area contributed by atoms with Gasteiger partial charge in [-0.25, -0.2) is 0 Å². The molecule has 0 spiro atoms. The zero-order valence-electron chi connectivity index (χ0n) is 17.1. The lowest BCUT2D eigenvalue weighted by Crippen LogP contribution is -3.00. The van der Waals surface area contributed by atoms with Crippen LogP contribution in [0.3, 0.4) is 0 Å². The SMILES string of the molecule is CCCCCCOc1cc(C[S+]2CCCC2)c(Cl)cc1C[S+]1CCCC1.[Br-].[Br-]. The fraction of sp³-hybridized carbons (Fsp3) is 0.727. The molecule has 0 N–H and O–H groups in total. The lowest BCUT2D eigenvalue weighted by molar-refractivity contribution is -0.00100. The van der Waals surface area contributed by atoms with Gasteiger partial charge in [-0.2, -0.15) is 0 Å². The number of halogens is 3. The molecular formula is C22H35Br2ClOS2. The molecule has 1 aromatic rings. The Morgan fingerprint density at radius 2 is 1.39 bits per heavy atom. The molecule has 162 valence electrons. The summed E-state index contributed by atoms with van der Waals surface area (Å²) in [5.74, 6) is 9.08. The van der Waals surface area contributed by atoms with E-state index in [0.29, 0.717) is 21.8 Å². The Morgan fingerprint density at radius 3 is 1.96 bits per heavy atom. The lowest BCUT2D eigenvalue weighted by Gasteiger charge is -2.14. The molecule has 1 aromatic carbocycles. The van der Waals surface area contributed by atoms with Crippen molar-refractivity contribution in [2.45, 2.75) is 69.8 Å². The standard InChI is InChI=1S/C22H35ClOS2.2BrH/c1-2-3-4-5-10-24-22-16-19(17-25-11-6-7-12-25)21(23)15-20(22)18-26-13-8-9-14-26;;/h15-16H,2-14,17-18H2,1H3;2*1H/q+2;;/p-2. The minimum atomic E-state index is 0. The van der Waals surface area contributed by atoms with E-state index in [0.717, 1.165) is 23.1 Å². The van der Waals surface area contributed by atoms with Gasteiger partial charge in [0.25, 0.3) is 0 Å². The molecule has 2 aliphatic rings. The van der Waals surface area contributed by atoms with Gasteiger partial charge in [-0.1, -0.05) is 37.8 Å². The van der Waals surface area contributed by atoms with Crippen LogP contribution in [-0.4, -0.2) is 29.6 Å². The molecule has 0 amide bonds. The van der Waals surface area contributed by atoms with E-state index in [1.54, 1.807) is 0 Å². The van der Waals surface area contributed by atoms with Crippen molar-refractivity contribution >= 4 is 33.4 Å². The molecule has 0 aliphatic carbocycles. The smallest absolute Gasteiger partial charge is 0.136 e. The molecule has 0 atom stereocenters. The molecule has 0 unspecified atom stereocenters. The highest BCUT2D eigenvalue weighted by Crippen LogP contribution is 2.33. The second-order valence-corrected chi connectivity index (χ2v) is 12.8. The molecule has 6 heteroatoms. The molecule has 28 heavy (non-hydrogen) atoms. The number of benzene rings is 1. The lowest BCUT2D eigenvalue weighted by atomic mass is 10.1. The minimum absolute atomic E-state index is 0. The summed E-state index contributed by atoms with van der Waals surface area (Å²) in [6.45, 7) is 3.12. The van der Waals surface area contributed by atoms with Crippen LogP contribution in [-0.2, 0) is 33.3 Å². The third-order valence-electron chi connectivity index (χ3n) is 5.44. The summed E-state index contributed by atoms with van der Waals surface area (Å²) < 4.78 is 6.30. The van der Waals surface area contributed by atoms with Crippen molar-refractivity contribution < 1.29 is 38.7 Å². The number of hydrogen-bond acceptors (Lipinski definition) is 1. The van der Waals surface area contributed by atoms with Gasteiger partial charge in [0, 0.05) is 16.1 Å². The molecule has 1 nitrogen and oxygen atoms in total. The average molecular weight is 575 g/mol. The first kappa shape index (κ1) is 27.0. The van der Waals surface area contributed by atoms with Gasteiger partial charge in [0.1, 0.15) is 40.3 Å². The van der Waals surface area contributed by atoms with E-state index >= 15 is 0 Å². The molecule has 0 saturated carbocycles. The van der Waals surface area contributed by atoms with Crippen molar-refractivity contribution in [3.63, 3.8) is 0 Å². The average Bonchev–Trinajstić information content (AvgIpc) is 3.32. The molecular weight excluding hydrogens is 540 g/mol. The summed E-state index contributed by atoms with van der Waals surface area (Å²) in [5, 5.41) is 0.987. The maximum atomic E-state index is 6.72. The predicted molar refractivity (Wildman–Crippen MR) is 121 cm³/mol. The van der Waals surface area contributed by atoms with E-state index in [1.165, 1.54) is 91.3 Å². The van der Waals surface area contributed by atoms with E-state index in [2.05, 4.69) is 19.1 Å². The largest absolute Gasteiger partial charge is 1.00 e. The van der Waals surface area contributed by atoms with Gasteiger partial charge in [0.2, 0.25) is 0 Å². The zero-order chi connectivity index (χ0) is 18.2. The fourth-order valence-corrected chi connectivity index (χ4v) is 8.97. The summed E-state index contributed by atoms with van der Waals surface area (Å²) >= 11 is 6.72. The van der Waals surface area contributed by atoms with Crippen LogP contribution in [0.2, 0.25) is 5.02 Å². The normalized spacial score (nSPS) is 17.4. The molecule has 0 aromatic heterocycles. The van der Waals surface area contributed by atoms with Crippen molar-refractivity contribution in [3.8, 4) is 5.75 Å². The summed E-state index contributed by atoms with van der Waals surface area (Å²) in [5.41, 5.74) is 2.70. The van der Waals surface area contributed by atoms with Gasteiger partial charge < -0.3 is 38.7 Å². The maximum absolute atomic E-state index is 6.72. The highest BCUT2D eigenvalue weighted by Gasteiger charge is 2.29. The van der Waals surface area contributed by atoms with Crippen molar-refractivity contribution in [1.29, 1.82) is 0 Å². The molecule has 0 bridgehead atoms. The van der Waals surface area contributed by atoms with Crippen LogP contribution >= 0.6 is 11.6 Å². The quantitative estimate of drug-likeness (QED) is 0.285. The predicted octanol–water partition coefficient (Wildman–Crippen LogP) is 0.131. The second kappa shape index (κ2) is 14.9. The first-order valence-corrected chi connectivity index (χ1v) is 14.3. The fourth-order valence-electron chi connectivity index (χ4n) is 3.86. The van der Waals surface area contributed by atoms with Crippen molar-refractivity contribution in [1.82, 2.24) is 0 Å². The summed E-state index contributed by atoms with van der Waals surface area (Å²) in [6.07, 6.45) is 10.7. The maximum Gasteiger partial charge on any atom is 0.136 e. The Balaban J connectivity index is 0.00000196. The van der Waals surface area contributed by atoms with Crippen molar-refractivity contribution in [3.05, 3.63) is 28.3 Å². The van der Waals surface area contributed by atoms with E-state index in [9.17, 15) is 0 Å². The zero-order valence-corrected chi connectivity index (χ0v) is 22.7. The van der Waals surface area contributed by atoms with Crippen molar-refractivity contribution in [2.75, 3.05) is 29.6 Å². The molecule has 2 saturated heterocycles. The van der Waals surface area contributed by atoms with E-state index in [-0.39, 0.29) is 34.0 Å². The molecule has 3 rings (SSSR count). The highest BCUT2D eigenvalue weighted by molar-refractivity contribution is 7.96. The minimum Gasteiger partial charge on any atom is -1.00 e. The third kappa shape index (κ3) is 8.61. The van der Waals surface area contributed by atoms with Crippen LogP contribution in [0.5, 0.6) is 5.75 Å². The van der Waals surface area contributed by atoms with E-state index < -0.39 is 0 Å². The molecule has 2 heterocycles. The molecule has 0 radical (unpaired) electrons. The van der Waals surface area contributed by atoms with Gasteiger partial charge in [0.15, 0.2) is 0 Å². The third-order valence-corrected chi connectivity index (χ3v) is 10.7. The van der Waals surface area contributed by atoms with E-state index in [1.807, 2.05) is 0 Å². The van der Waals surface area contributed by atoms with Gasteiger partial charge in [-0.15, -0.1) is 0 Å². The number of rotatable bonds is 10. The Labute approximate surface area is 204 Å². The van der Waals surface area contributed by atoms with Crippen LogP contribution in [0.1, 0.15) is 69.4 Å². The Bertz CT molecular complexity index is 562. The van der Waals surface area contributed by atoms with Crippen LogP contribution in [0.25, 0.3) is 0 Å². The number of unbranched alkanes of at least 4 members (excludes halogenated alkanes) is 3. The number of ether oxygens (including phenoxy) is 1. The topological polar surface area (TPSA) is 9.23 Å². The Hall–Kier alpha value is 0.970. The van der Waals surface area contributed by atoms with Crippen LogP contribution in [0, 0.1) is 0 Å². The number of hydrogen-bond donors (Lipinski definition) is 0. The summed E-state index contributed by atoms with van der Waals surface area (Å²) in [4.78, 5) is 0. The summed E-state index contributed by atoms with van der Waals surface area (Å²) in [7, 11) is 1.09. The Morgan fingerprint density at radius 1 is 0.821 bits per heavy atom. The Kier molecular flexibility index (Phi) is 14.4. The summed E-state index contributed by atoms with van der Waals surface area (Å²) in [6, 6.07) is 4.56. The van der Waals surface area contributed by atoms with Gasteiger partial charge in [-0.05, 0) is 66.0 Å². The van der Waals surface area contributed by atoms with E-state index in [4.69, 9.17) is 16.3 Å². The monoisotopic (exact) mass is 572 g/mol. The first-order valence-electron chi connectivity index (χ1n) is 10.5. The van der Waals surface area contributed by atoms with Gasteiger partial charge in [-0.3, -0.25) is 0 Å². The van der Waals surface area contributed by atoms with Crippen molar-refractivity contribution in [2.24, 2.45) is 0 Å². The van der Waals surface area contributed by atoms with Gasteiger partial charge >= 0.3 is 0 Å². The molecule has 2 fully saturated rings. The highest BCUT2D eigenvalue weighted by atomic mass is 79.9.